The maximum atomic E-state index is 12.2. The molecule has 13 heavy (non-hydrogen) atoms. The lowest BCUT2D eigenvalue weighted by Crippen LogP contribution is -2.23. The Balaban J connectivity index is 2.34. The zero-order chi connectivity index (χ0) is 9.26. The standard InChI is InChI=1S/C11H14FN/c1-9-3-2-4-10-5-7-13(8-6-12)11(9)10/h2-4H,5-8H2,1H3. The number of alkyl halides is 1. The topological polar surface area (TPSA) is 3.24 Å². The van der Waals surface area contributed by atoms with Crippen LogP contribution < -0.4 is 4.90 Å². The van der Waals surface area contributed by atoms with E-state index in [1.54, 1.807) is 0 Å². The molecule has 1 aromatic rings. The van der Waals surface area contributed by atoms with E-state index in [1.807, 2.05) is 0 Å². The van der Waals surface area contributed by atoms with Gasteiger partial charge in [0.1, 0.15) is 6.67 Å². The summed E-state index contributed by atoms with van der Waals surface area (Å²) in [4.78, 5) is 2.14. The van der Waals surface area contributed by atoms with Crippen LogP contribution in [0.2, 0.25) is 0 Å². The lowest BCUT2D eigenvalue weighted by Gasteiger charge is -2.19. The van der Waals surface area contributed by atoms with E-state index in [0.29, 0.717) is 6.54 Å². The summed E-state index contributed by atoms with van der Waals surface area (Å²) in [6.45, 7) is 3.35. The molecule has 0 saturated carbocycles. The van der Waals surface area contributed by atoms with Crippen LogP contribution in [0, 0.1) is 6.92 Å². The van der Waals surface area contributed by atoms with Gasteiger partial charge in [0.05, 0.1) is 0 Å². The molecular formula is C11H14FN. The first-order valence-electron chi connectivity index (χ1n) is 4.72. The number of hydrogen-bond donors (Lipinski definition) is 0. The van der Waals surface area contributed by atoms with Gasteiger partial charge < -0.3 is 4.90 Å². The van der Waals surface area contributed by atoms with Gasteiger partial charge in [-0.25, -0.2) is 4.39 Å². The number of benzene rings is 1. The zero-order valence-corrected chi connectivity index (χ0v) is 7.89. The smallest absolute Gasteiger partial charge is 0.107 e. The Morgan fingerprint density at radius 1 is 1.46 bits per heavy atom. The summed E-state index contributed by atoms with van der Waals surface area (Å²) < 4.78 is 12.2. The van der Waals surface area contributed by atoms with Gasteiger partial charge in [-0.05, 0) is 24.5 Å². The van der Waals surface area contributed by atoms with Gasteiger partial charge in [-0.2, -0.15) is 0 Å². The molecule has 2 heteroatoms. The monoisotopic (exact) mass is 179 g/mol. The first-order valence-corrected chi connectivity index (χ1v) is 4.72. The van der Waals surface area contributed by atoms with Crippen molar-refractivity contribution in [2.24, 2.45) is 0 Å². The Labute approximate surface area is 78.2 Å². The van der Waals surface area contributed by atoms with Gasteiger partial charge >= 0.3 is 0 Å². The predicted molar refractivity (Wildman–Crippen MR) is 53.1 cm³/mol. The second-order valence-electron chi connectivity index (χ2n) is 3.51. The van der Waals surface area contributed by atoms with Crippen molar-refractivity contribution >= 4 is 5.69 Å². The Hall–Kier alpha value is -1.05. The number of aryl methyl sites for hydroxylation is 1. The van der Waals surface area contributed by atoms with Crippen molar-refractivity contribution in [3.8, 4) is 0 Å². The van der Waals surface area contributed by atoms with Gasteiger partial charge in [-0.1, -0.05) is 18.2 Å². The van der Waals surface area contributed by atoms with Crippen LogP contribution in [-0.2, 0) is 6.42 Å². The molecule has 0 aliphatic carbocycles. The number of halogens is 1. The summed E-state index contributed by atoms with van der Waals surface area (Å²) >= 11 is 0. The third-order valence-corrected chi connectivity index (χ3v) is 2.64. The van der Waals surface area contributed by atoms with Crippen molar-refractivity contribution in [3.05, 3.63) is 29.3 Å². The fourth-order valence-corrected chi connectivity index (χ4v) is 2.07. The highest BCUT2D eigenvalue weighted by Gasteiger charge is 2.19. The summed E-state index contributed by atoms with van der Waals surface area (Å²) in [5.41, 5.74) is 3.90. The number of hydrogen-bond acceptors (Lipinski definition) is 1. The van der Waals surface area contributed by atoms with Crippen LogP contribution in [0.1, 0.15) is 11.1 Å². The fourth-order valence-electron chi connectivity index (χ4n) is 2.07. The van der Waals surface area contributed by atoms with Crippen LogP contribution in [0.4, 0.5) is 10.1 Å². The number of nitrogens with zero attached hydrogens (tertiary/aromatic N) is 1. The maximum Gasteiger partial charge on any atom is 0.107 e. The highest BCUT2D eigenvalue weighted by Crippen LogP contribution is 2.30. The van der Waals surface area contributed by atoms with Crippen LogP contribution in [0.25, 0.3) is 0 Å². The van der Waals surface area contributed by atoms with Gasteiger partial charge in [0.2, 0.25) is 0 Å². The van der Waals surface area contributed by atoms with Crippen molar-refractivity contribution in [2.75, 3.05) is 24.7 Å². The van der Waals surface area contributed by atoms with Crippen molar-refractivity contribution in [2.45, 2.75) is 13.3 Å². The number of rotatable bonds is 2. The molecule has 0 N–H and O–H groups in total. The number of anilines is 1. The largest absolute Gasteiger partial charge is 0.368 e. The summed E-state index contributed by atoms with van der Waals surface area (Å²) in [6, 6.07) is 6.31. The van der Waals surface area contributed by atoms with Crippen molar-refractivity contribution in [1.82, 2.24) is 0 Å². The van der Waals surface area contributed by atoms with Gasteiger partial charge in [0.15, 0.2) is 0 Å². The van der Waals surface area contributed by atoms with E-state index < -0.39 is 0 Å². The summed E-state index contributed by atoms with van der Waals surface area (Å²) in [7, 11) is 0. The third kappa shape index (κ3) is 1.41. The molecule has 1 aromatic carbocycles. The minimum atomic E-state index is -0.256. The van der Waals surface area contributed by atoms with E-state index >= 15 is 0 Å². The fraction of sp³-hybridized carbons (Fsp3) is 0.455. The molecule has 0 atom stereocenters. The lowest BCUT2D eigenvalue weighted by molar-refractivity contribution is 0.493. The average molecular weight is 179 g/mol. The van der Waals surface area contributed by atoms with Gasteiger partial charge in [-0.15, -0.1) is 0 Å². The molecule has 0 fully saturated rings. The molecule has 0 saturated heterocycles. The van der Waals surface area contributed by atoms with Gasteiger partial charge in [0.25, 0.3) is 0 Å². The number of fused-ring (bicyclic) bond motifs is 1. The summed E-state index contributed by atoms with van der Waals surface area (Å²) in [5.74, 6) is 0. The summed E-state index contributed by atoms with van der Waals surface area (Å²) in [5, 5.41) is 0. The highest BCUT2D eigenvalue weighted by atomic mass is 19.1. The third-order valence-electron chi connectivity index (χ3n) is 2.64. The maximum absolute atomic E-state index is 12.2. The van der Waals surface area contributed by atoms with E-state index in [4.69, 9.17) is 0 Å². The predicted octanol–water partition coefficient (Wildman–Crippen LogP) is 2.33. The minimum Gasteiger partial charge on any atom is -0.368 e. The Morgan fingerprint density at radius 3 is 3.08 bits per heavy atom. The molecule has 1 nitrogen and oxygen atoms in total. The molecule has 2 rings (SSSR count). The van der Waals surface area contributed by atoms with Crippen LogP contribution >= 0.6 is 0 Å². The van der Waals surface area contributed by atoms with Crippen LogP contribution in [0.3, 0.4) is 0 Å². The highest BCUT2D eigenvalue weighted by molar-refractivity contribution is 5.62. The molecule has 0 spiro atoms. The molecule has 0 amide bonds. The SMILES string of the molecule is Cc1cccc2c1N(CCF)CC2. The van der Waals surface area contributed by atoms with Gasteiger partial charge in [-0.3, -0.25) is 0 Å². The first kappa shape index (κ1) is 8.54. The molecular weight excluding hydrogens is 165 g/mol. The van der Waals surface area contributed by atoms with Crippen LogP contribution in [0.15, 0.2) is 18.2 Å². The molecule has 0 bridgehead atoms. The van der Waals surface area contributed by atoms with Gasteiger partial charge in [0, 0.05) is 18.8 Å². The van der Waals surface area contributed by atoms with E-state index in [-0.39, 0.29) is 6.67 Å². The quantitative estimate of drug-likeness (QED) is 0.673. The molecule has 1 heterocycles. The molecule has 0 radical (unpaired) electrons. The van der Waals surface area contributed by atoms with E-state index in [2.05, 4.69) is 30.0 Å². The Bertz CT molecular complexity index is 307. The van der Waals surface area contributed by atoms with Crippen molar-refractivity contribution in [3.63, 3.8) is 0 Å². The zero-order valence-electron chi connectivity index (χ0n) is 7.89. The van der Waals surface area contributed by atoms with Crippen LogP contribution in [0.5, 0.6) is 0 Å². The molecule has 0 aromatic heterocycles. The van der Waals surface area contributed by atoms with Crippen molar-refractivity contribution < 1.29 is 4.39 Å². The van der Waals surface area contributed by atoms with E-state index in [1.165, 1.54) is 16.8 Å². The molecule has 70 valence electrons. The second-order valence-corrected chi connectivity index (χ2v) is 3.51. The lowest BCUT2D eigenvalue weighted by atomic mass is 10.1. The van der Waals surface area contributed by atoms with E-state index in [9.17, 15) is 4.39 Å². The molecule has 1 aliphatic rings. The summed E-state index contributed by atoms with van der Waals surface area (Å²) in [6.07, 6.45) is 1.07. The van der Waals surface area contributed by atoms with Crippen LogP contribution in [-0.4, -0.2) is 19.8 Å². The molecule has 1 aliphatic heterocycles. The normalized spacial score (nSPS) is 14.8. The second kappa shape index (κ2) is 3.36. The molecule has 0 unspecified atom stereocenters. The Morgan fingerprint density at radius 2 is 2.31 bits per heavy atom. The average Bonchev–Trinajstić information content (AvgIpc) is 2.51. The number of para-hydroxylation sites is 1. The minimum absolute atomic E-state index is 0.256. The van der Waals surface area contributed by atoms with E-state index in [0.717, 1.165) is 13.0 Å². The van der Waals surface area contributed by atoms with Crippen molar-refractivity contribution in [1.29, 1.82) is 0 Å². The Kier molecular flexibility index (Phi) is 2.21. The first-order chi connectivity index (χ1) is 6.33.